The first kappa shape index (κ1) is 28.9. The zero-order valence-electron chi connectivity index (χ0n) is 22.0. The van der Waals surface area contributed by atoms with Crippen LogP contribution in [0.15, 0.2) is 36.9 Å². The zero-order valence-corrected chi connectivity index (χ0v) is 22.0. The van der Waals surface area contributed by atoms with Crippen molar-refractivity contribution in [1.29, 1.82) is 0 Å². The lowest BCUT2D eigenvalue weighted by Gasteiger charge is -2.54. The van der Waals surface area contributed by atoms with E-state index in [4.69, 9.17) is 4.74 Å². The van der Waals surface area contributed by atoms with Crippen molar-refractivity contribution in [3.63, 3.8) is 0 Å². The molecule has 2 atom stereocenters. The molecule has 0 bridgehead atoms. The number of amides is 5. The van der Waals surface area contributed by atoms with Gasteiger partial charge in [0, 0.05) is 26.7 Å². The van der Waals surface area contributed by atoms with Crippen molar-refractivity contribution >= 4 is 23.9 Å². The van der Waals surface area contributed by atoms with E-state index in [0.717, 1.165) is 18.4 Å². The Balaban J connectivity index is 1.74. The first-order chi connectivity index (χ1) is 18.3. The Morgan fingerprint density at radius 1 is 1.18 bits per heavy atom. The smallest absolute Gasteiger partial charge is 0.407 e. The number of alkyl carbamates (subject to hydrolysis) is 1. The highest BCUT2D eigenvalue weighted by Gasteiger charge is 2.50. The number of carbonyl (C=O) groups excluding carboxylic acids is 4. The van der Waals surface area contributed by atoms with Crippen LogP contribution in [0.1, 0.15) is 38.2 Å². The molecule has 2 N–H and O–H groups in total. The fourth-order valence-electron chi connectivity index (χ4n) is 4.66. The highest BCUT2D eigenvalue weighted by atomic mass is 19.1. The van der Waals surface area contributed by atoms with Gasteiger partial charge in [0.25, 0.3) is 0 Å². The number of nitrogens with one attached hydrogen (secondary N) is 2. The van der Waals surface area contributed by atoms with E-state index in [-0.39, 0.29) is 50.4 Å². The van der Waals surface area contributed by atoms with Crippen LogP contribution in [0.5, 0.6) is 0 Å². The number of hydrazine groups is 1. The Bertz CT molecular complexity index is 1010. The monoisotopic (exact) mass is 532 g/mol. The van der Waals surface area contributed by atoms with E-state index in [0.29, 0.717) is 19.4 Å². The average molecular weight is 533 g/mol. The van der Waals surface area contributed by atoms with Crippen molar-refractivity contribution < 1.29 is 28.3 Å². The molecule has 2 aliphatic rings. The molecule has 0 saturated carbocycles. The second kappa shape index (κ2) is 13.8. The molecule has 3 rings (SSSR count). The summed E-state index contributed by atoms with van der Waals surface area (Å²) >= 11 is 0. The summed E-state index contributed by atoms with van der Waals surface area (Å²) in [6.45, 7) is 6.71. The Hall–Kier alpha value is -3.67. The fourth-order valence-corrected chi connectivity index (χ4v) is 4.66. The maximum atomic E-state index is 13.4. The third-order valence-corrected chi connectivity index (χ3v) is 6.54. The molecule has 1 aromatic carbocycles. The number of hydrogen-bond acceptors (Lipinski definition) is 6. The van der Waals surface area contributed by atoms with E-state index >= 15 is 0 Å². The van der Waals surface area contributed by atoms with Crippen molar-refractivity contribution in [3.8, 4) is 0 Å². The molecule has 2 fully saturated rings. The second-order valence-corrected chi connectivity index (χ2v) is 9.34. The van der Waals surface area contributed by atoms with E-state index < -0.39 is 24.3 Å². The van der Waals surface area contributed by atoms with Gasteiger partial charge >= 0.3 is 12.1 Å². The van der Waals surface area contributed by atoms with E-state index in [1.807, 2.05) is 6.92 Å². The van der Waals surface area contributed by atoms with Gasteiger partial charge in [-0.1, -0.05) is 38.1 Å². The Labute approximate surface area is 222 Å². The first-order valence-corrected chi connectivity index (χ1v) is 12.9. The number of unbranched alkanes of at least 4 members (excludes halogenated alkanes) is 1. The van der Waals surface area contributed by atoms with Gasteiger partial charge in [-0.15, -0.1) is 0 Å². The molecule has 11 nitrogen and oxygen atoms in total. The van der Waals surface area contributed by atoms with Crippen molar-refractivity contribution in [2.24, 2.45) is 0 Å². The quantitative estimate of drug-likeness (QED) is 0.333. The largest absolute Gasteiger partial charge is 0.445 e. The topological polar surface area (TPSA) is 115 Å². The lowest BCUT2D eigenvalue weighted by molar-refractivity contribution is -0.187. The lowest BCUT2D eigenvalue weighted by atomic mass is 10.0. The Morgan fingerprint density at radius 3 is 2.61 bits per heavy atom. The maximum absolute atomic E-state index is 13.4. The highest BCUT2D eigenvalue weighted by Crippen LogP contribution is 2.28. The molecule has 208 valence electrons. The number of benzene rings is 1. The number of rotatable bonds is 11. The van der Waals surface area contributed by atoms with Gasteiger partial charge in [-0.2, -0.15) is 0 Å². The van der Waals surface area contributed by atoms with Crippen LogP contribution < -0.4 is 10.6 Å². The van der Waals surface area contributed by atoms with Crippen molar-refractivity contribution in [1.82, 2.24) is 30.5 Å². The van der Waals surface area contributed by atoms with E-state index in [1.54, 1.807) is 29.1 Å². The number of fused-ring (bicyclic) bond motifs is 1. The summed E-state index contributed by atoms with van der Waals surface area (Å²) in [7, 11) is 1.66. The van der Waals surface area contributed by atoms with Crippen molar-refractivity contribution in [3.05, 3.63) is 48.3 Å². The molecular weight excluding hydrogens is 495 g/mol. The summed E-state index contributed by atoms with van der Waals surface area (Å²) in [5.41, 5.74) is 0.729. The predicted molar refractivity (Wildman–Crippen MR) is 138 cm³/mol. The van der Waals surface area contributed by atoms with Crippen LogP contribution in [-0.2, 0) is 20.9 Å². The molecule has 1 aromatic rings. The number of ether oxygens (including phenoxy) is 1. The summed E-state index contributed by atoms with van der Waals surface area (Å²) in [5, 5.41) is 8.51. The molecule has 0 aromatic heterocycles. The molecule has 0 unspecified atom stereocenters. The van der Waals surface area contributed by atoms with Gasteiger partial charge in [0.1, 0.15) is 24.6 Å². The first-order valence-electron chi connectivity index (χ1n) is 12.9. The summed E-state index contributed by atoms with van der Waals surface area (Å²) in [5.74, 6) is -0.764. The van der Waals surface area contributed by atoms with Crippen LogP contribution in [0.25, 0.3) is 0 Å². The van der Waals surface area contributed by atoms with Crippen LogP contribution in [-0.4, -0.2) is 95.8 Å². The lowest BCUT2D eigenvalue weighted by Crippen LogP contribution is -2.76. The number of hydrogen-bond donors (Lipinski definition) is 2. The highest BCUT2D eigenvalue weighted by molar-refractivity contribution is 5.91. The molecule has 2 heterocycles. The molecule has 5 amide bonds. The van der Waals surface area contributed by atoms with Gasteiger partial charge < -0.3 is 25.2 Å². The SMILES string of the molecule is C=CCOC(=O)NCCC[C@H]1C(=O)N(CCCC)C[C@H]2N1C(=O)CN(C)N2C(=O)NCc1ccc(F)cc1. The minimum atomic E-state index is -0.759. The predicted octanol–water partition coefficient (Wildman–Crippen LogP) is 2.06. The van der Waals surface area contributed by atoms with Crippen LogP contribution >= 0.6 is 0 Å². The molecule has 2 saturated heterocycles. The molecule has 38 heavy (non-hydrogen) atoms. The van der Waals surface area contributed by atoms with Crippen molar-refractivity contribution in [2.75, 3.05) is 39.8 Å². The number of nitrogens with zero attached hydrogens (tertiary/aromatic N) is 4. The average Bonchev–Trinajstić information content (AvgIpc) is 2.89. The van der Waals surface area contributed by atoms with Gasteiger partial charge in [0.05, 0.1) is 13.1 Å². The third-order valence-electron chi connectivity index (χ3n) is 6.54. The summed E-state index contributed by atoms with van der Waals surface area (Å²) < 4.78 is 18.1. The third kappa shape index (κ3) is 7.21. The van der Waals surface area contributed by atoms with Crippen molar-refractivity contribution in [2.45, 2.75) is 51.4 Å². The van der Waals surface area contributed by atoms with Gasteiger partial charge in [0.15, 0.2) is 0 Å². The molecule has 0 aliphatic carbocycles. The Kier molecular flexibility index (Phi) is 10.5. The van der Waals surface area contributed by atoms with Gasteiger partial charge in [-0.05, 0) is 37.0 Å². The minimum absolute atomic E-state index is 0.0641. The van der Waals surface area contributed by atoms with E-state index in [2.05, 4.69) is 17.2 Å². The molecule has 0 spiro atoms. The van der Waals surface area contributed by atoms with Crippen LogP contribution in [0, 0.1) is 5.82 Å². The van der Waals surface area contributed by atoms with E-state index in [1.165, 1.54) is 28.1 Å². The number of piperazine rings is 1. The van der Waals surface area contributed by atoms with Gasteiger partial charge in [0.2, 0.25) is 11.8 Å². The standard InChI is InChI=1S/C26H37FN6O5/c1-4-6-14-31-17-22-32(21(24(31)35)8-7-13-28-26(37)38-15-5-2)23(34)18-30(3)33(22)25(36)29-16-19-9-11-20(27)12-10-19/h5,9-12,21-22H,2,4,6-8,13-18H2,1,3H3,(H,28,37)(H,29,36)/t21-,22-/m0/s1. The fraction of sp³-hybridized carbons (Fsp3) is 0.538. The molecule has 2 aliphatic heterocycles. The number of halogens is 1. The molecule has 12 heteroatoms. The minimum Gasteiger partial charge on any atom is -0.445 e. The zero-order chi connectivity index (χ0) is 27.7. The summed E-state index contributed by atoms with van der Waals surface area (Å²) in [4.78, 5) is 54.9. The number of carbonyl (C=O) groups is 4. The van der Waals surface area contributed by atoms with Crippen LogP contribution in [0.2, 0.25) is 0 Å². The van der Waals surface area contributed by atoms with Crippen LogP contribution in [0.4, 0.5) is 14.0 Å². The maximum Gasteiger partial charge on any atom is 0.407 e. The van der Waals surface area contributed by atoms with E-state index in [9.17, 15) is 23.6 Å². The van der Waals surface area contributed by atoms with Crippen LogP contribution in [0.3, 0.4) is 0 Å². The summed E-state index contributed by atoms with van der Waals surface area (Å²) in [6.07, 6.45) is 2.64. The van der Waals surface area contributed by atoms with Gasteiger partial charge in [-0.3, -0.25) is 9.59 Å². The normalized spacial score (nSPS) is 19.7. The molecular formula is C26H37FN6O5. The van der Waals surface area contributed by atoms with Gasteiger partial charge in [-0.25, -0.2) is 24.0 Å². The second-order valence-electron chi connectivity index (χ2n) is 9.34. The molecule has 0 radical (unpaired) electrons. The number of likely N-dealkylation sites (N-methyl/N-ethyl adjacent to an activating group) is 1. The summed E-state index contributed by atoms with van der Waals surface area (Å²) in [6, 6.07) is 4.65. The Morgan fingerprint density at radius 2 is 1.92 bits per heavy atom. The number of urea groups is 1.